The summed E-state index contributed by atoms with van der Waals surface area (Å²) in [7, 11) is 0. The van der Waals surface area contributed by atoms with E-state index in [1.54, 1.807) is 11.3 Å². The Bertz CT molecular complexity index is 389. The molecule has 0 saturated heterocycles. The Morgan fingerprint density at radius 1 is 1.43 bits per heavy atom. The van der Waals surface area contributed by atoms with E-state index in [0.717, 1.165) is 18.1 Å². The van der Waals surface area contributed by atoms with Gasteiger partial charge in [0.2, 0.25) is 0 Å². The molecule has 0 spiro atoms. The van der Waals surface area contributed by atoms with Crippen molar-refractivity contribution in [2.24, 2.45) is 0 Å². The van der Waals surface area contributed by atoms with E-state index in [-0.39, 0.29) is 0 Å². The van der Waals surface area contributed by atoms with Crippen molar-refractivity contribution in [3.63, 3.8) is 0 Å². The van der Waals surface area contributed by atoms with E-state index in [2.05, 4.69) is 33.8 Å². The molecule has 0 fully saturated rings. The minimum atomic E-state index is 0.462. The van der Waals surface area contributed by atoms with Gasteiger partial charge in [0.05, 0.1) is 17.7 Å². The van der Waals surface area contributed by atoms with Gasteiger partial charge >= 0.3 is 0 Å². The lowest BCUT2D eigenvalue weighted by atomic mass is 10.2. The number of rotatable bonds is 3. The van der Waals surface area contributed by atoms with Crippen molar-refractivity contribution in [1.29, 1.82) is 0 Å². The molecule has 0 amide bonds. The Labute approximate surface area is 87.4 Å². The summed E-state index contributed by atoms with van der Waals surface area (Å²) in [5.41, 5.74) is 2.97. The van der Waals surface area contributed by atoms with Crippen LogP contribution in [0.2, 0.25) is 0 Å². The van der Waals surface area contributed by atoms with Crippen LogP contribution < -0.4 is 0 Å². The fourth-order valence-electron chi connectivity index (χ4n) is 1.45. The number of hydrogen-bond donors (Lipinski definition) is 0. The van der Waals surface area contributed by atoms with Crippen LogP contribution >= 0.6 is 11.3 Å². The highest BCUT2D eigenvalue weighted by atomic mass is 32.1. The minimum Gasteiger partial charge on any atom is -0.329 e. The van der Waals surface area contributed by atoms with Gasteiger partial charge in [-0.15, -0.1) is 11.3 Å². The summed E-state index contributed by atoms with van der Waals surface area (Å²) in [6.45, 7) is 5.14. The number of hydrogen-bond acceptors (Lipinski definition) is 3. The zero-order valence-electron chi connectivity index (χ0n) is 8.34. The SMILES string of the molecule is CC(C)c1nccn1Cc1cscn1. The maximum atomic E-state index is 4.33. The van der Waals surface area contributed by atoms with Crippen LogP contribution in [0.15, 0.2) is 23.3 Å². The predicted molar refractivity (Wildman–Crippen MR) is 57.5 cm³/mol. The Hall–Kier alpha value is -1.16. The van der Waals surface area contributed by atoms with E-state index >= 15 is 0 Å². The molecule has 0 N–H and O–H groups in total. The smallest absolute Gasteiger partial charge is 0.111 e. The van der Waals surface area contributed by atoms with E-state index in [1.165, 1.54) is 0 Å². The van der Waals surface area contributed by atoms with Crippen LogP contribution in [-0.4, -0.2) is 14.5 Å². The molecular formula is C10H13N3S. The lowest BCUT2D eigenvalue weighted by Crippen LogP contribution is -2.05. The summed E-state index contributed by atoms with van der Waals surface area (Å²) in [5.74, 6) is 1.58. The second kappa shape index (κ2) is 3.92. The number of thiazole rings is 1. The molecular weight excluding hydrogens is 194 g/mol. The molecule has 0 aliphatic heterocycles. The highest BCUT2D eigenvalue weighted by molar-refractivity contribution is 7.07. The van der Waals surface area contributed by atoms with Crippen LogP contribution in [0.4, 0.5) is 0 Å². The van der Waals surface area contributed by atoms with Crippen molar-refractivity contribution in [3.05, 3.63) is 34.8 Å². The van der Waals surface area contributed by atoms with Gasteiger partial charge in [-0.05, 0) is 0 Å². The third kappa shape index (κ3) is 1.85. The largest absolute Gasteiger partial charge is 0.329 e. The first-order chi connectivity index (χ1) is 6.77. The molecule has 0 saturated carbocycles. The quantitative estimate of drug-likeness (QED) is 0.774. The summed E-state index contributed by atoms with van der Waals surface area (Å²) < 4.78 is 2.15. The molecule has 4 heteroatoms. The van der Waals surface area contributed by atoms with Crippen molar-refractivity contribution in [3.8, 4) is 0 Å². The Balaban J connectivity index is 2.21. The molecule has 2 aromatic heterocycles. The molecule has 2 heterocycles. The second-order valence-electron chi connectivity index (χ2n) is 3.55. The molecule has 14 heavy (non-hydrogen) atoms. The molecule has 0 atom stereocenters. The Morgan fingerprint density at radius 2 is 2.29 bits per heavy atom. The normalized spacial score (nSPS) is 11.1. The van der Waals surface area contributed by atoms with E-state index in [4.69, 9.17) is 0 Å². The summed E-state index contributed by atoms with van der Waals surface area (Å²) in [6, 6.07) is 0. The van der Waals surface area contributed by atoms with E-state index in [0.29, 0.717) is 5.92 Å². The third-order valence-corrected chi connectivity index (χ3v) is 2.72. The highest BCUT2D eigenvalue weighted by Gasteiger charge is 2.07. The Kier molecular flexibility index (Phi) is 2.63. The fraction of sp³-hybridized carbons (Fsp3) is 0.400. The topological polar surface area (TPSA) is 30.7 Å². The highest BCUT2D eigenvalue weighted by Crippen LogP contribution is 2.13. The van der Waals surface area contributed by atoms with E-state index in [1.807, 2.05) is 17.9 Å². The van der Waals surface area contributed by atoms with Crippen LogP contribution in [-0.2, 0) is 6.54 Å². The van der Waals surface area contributed by atoms with Crippen LogP contribution in [0.3, 0.4) is 0 Å². The van der Waals surface area contributed by atoms with Crippen molar-refractivity contribution in [2.45, 2.75) is 26.3 Å². The molecule has 3 nitrogen and oxygen atoms in total. The first-order valence-corrected chi connectivity index (χ1v) is 5.59. The summed E-state index contributed by atoms with van der Waals surface area (Å²) in [5, 5.41) is 2.07. The summed E-state index contributed by atoms with van der Waals surface area (Å²) in [4.78, 5) is 8.60. The van der Waals surface area contributed by atoms with Gasteiger partial charge in [-0.1, -0.05) is 13.8 Å². The zero-order valence-corrected chi connectivity index (χ0v) is 9.16. The van der Waals surface area contributed by atoms with Crippen molar-refractivity contribution in [1.82, 2.24) is 14.5 Å². The molecule has 0 aliphatic rings. The summed E-state index contributed by atoms with van der Waals surface area (Å²) >= 11 is 1.63. The van der Waals surface area contributed by atoms with Crippen LogP contribution in [0.1, 0.15) is 31.3 Å². The lowest BCUT2D eigenvalue weighted by molar-refractivity contribution is 0.663. The van der Waals surface area contributed by atoms with Gasteiger partial charge in [0.15, 0.2) is 0 Å². The molecule has 2 rings (SSSR count). The maximum Gasteiger partial charge on any atom is 0.111 e. The maximum absolute atomic E-state index is 4.33. The van der Waals surface area contributed by atoms with Crippen LogP contribution in [0.5, 0.6) is 0 Å². The molecule has 2 aromatic rings. The molecule has 0 aromatic carbocycles. The molecule has 74 valence electrons. The minimum absolute atomic E-state index is 0.462. The number of nitrogens with zero attached hydrogens (tertiary/aromatic N) is 3. The van der Waals surface area contributed by atoms with Gasteiger partial charge in [-0.3, -0.25) is 0 Å². The van der Waals surface area contributed by atoms with E-state index in [9.17, 15) is 0 Å². The fourth-order valence-corrected chi connectivity index (χ4v) is 1.99. The van der Waals surface area contributed by atoms with Gasteiger partial charge < -0.3 is 4.57 Å². The Morgan fingerprint density at radius 3 is 2.93 bits per heavy atom. The lowest BCUT2D eigenvalue weighted by Gasteiger charge is -2.08. The standard InChI is InChI=1S/C10H13N3S/c1-8(2)10-11-3-4-13(10)5-9-6-14-7-12-9/h3-4,6-8H,5H2,1-2H3. The molecule has 0 radical (unpaired) electrons. The summed E-state index contributed by atoms with van der Waals surface area (Å²) in [6.07, 6.45) is 3.86. The van der Waals surface area contributed by atoms with Crippen molar-refractivity contribution >= 4 is 11.3 Å². The van der Waals surface area contributed by atoms with Crippen LogP contribution in [0.25, 0.3) is 0 Å². The molecule has 0 bridgehead atoms. The monoisotopic (exact) mass is 207 g/mol. The molecule has 0 unspecified atom stereocenters. The van der Waals surface area contributed by atoms with E-state index < -0.39 is 0 Å². The number of imidazole rings is 1. The van der Waals surface area contributed by atoms with Crippen molar-refractivity contribution in [2.75, 3.05) is 0 Å². The van der Waals surface area contributed by atoms with Gasteiger partial charge in [0.25, 0.3) is 0 Å². The van der Waals surface area contributed by atoms with Crippen molar-refractivity contribution < 1.29 is 0 Å². The first-order valence-electron chi connectivity index (χ1n) is 4.65. The third-order valence-electron chi connectivity index (χ3n) is 2.08. The first kappa shape index (κ1) is 9.40. The van der Waals surface area contributed by atoms with Gasteiger partial charge in [0, 0.05) is 23.7 Å². The molecule has 0 aliphatic carbocycles. The van der Waals surface area contributed by atoms with Gasteiger partial charge in [-0.25, -0.2) is 9.97 Å². The van der Waals surface area contributed by atoms with Gasteiger partial charge in [-0.2, -0.15) is 0 Å². The zero-order chi connectivity index (χ0) is 9.97. The second-order valence-corrected chi connectivity index (χ2v) is 4.27. The average Bonchev–Trinajstić information content (AvgIpc) is 2.75. The average molecular weight is 207 g/mol. The van der Waals surface area contributed by atoms with Crippen LogP contribution in [0, 0.1) is 0 Å². The van der Waals surface area contributed by atoms with Gasteiger partial charge in [0.1, 0.15) is 5.82 Å². The number of aromatic nitrogens is 3. The predicted octanol–water partition coefficient (Wildman–Crippen LogP) is 2.51.